The molecule has 1 nitrogen and oxygen atoms in total. The smallest absolute Gasteiger partial charge is 0.0780 e. The molecule has 0 amide bonds. The maximum atomic E-state index is 4.76. The van der Waals surface area contributed by atoms with Crippen molar-refractivity contribution in [3.05, 3.63) is 91.1 Å². The van der Waals surface area contributed by atoms with Crippen molar-refractivity contribution >= 4 is 53.1 Å². The Hall–Kier alpha value is -3.23. The van der Waals surface area contributed by atoms with Gasteiger partial charge in [0.05, 0.1) is 5.69 Å². The van der Waals surface area contributed by atoms with E-state index in [2.05, 4.69) is 84.9 Å². The number of pyridine rings is 1. The minimum absolute atomic E-state index is 1.05. The van der Waals surface area contributed by atoms with Gasteiger partial charge in [0.15, 0.2) is 0 Å². The maximum absolute atomic E-state index is 4.76. The number of rotatable bonds is 1. The van der Waals surface area contributed by atoms with Crippen LogP contribution in [0.2, 0.25) is 0 Å². The Labute approximate surface area is 160 Å². The summed E-state index contributed by atoms with van der Waals surface area (Å²) < 4.78 is 2.66. The van der Waals surface area contributed by atoms with Crippen LogP contribution in [0.1, 0.15) is 0 Å². The predicted molar refractivity (Wildman–Crippen MR) is 118 cm³/mol. The van der Waals surface area contributed by atoms with E-state index in [1.165, 1.54) is 47.3 Å². The minimum Gasteiger partial charge on any atom is -0.256 e. The average Bonchev–Trinajstić information content (AvgIpc) is 3.11. The molecule has 0 bridgehead atoms. The summed E-state index contributed by atoms with van der Waals surface area (Å²) in [5, 5.41) is 7.64. The minimum atomic E-state index is 1.05. The van der Waals surface area contributed by atoms with E-state index in [1.54, 1.807) is 0 Å². The molecule has 0 N–H and O–H groups in total. The lowest BCUT2D eigenvalue weighted by molar-refractivity contribution is 1.36. The number of fused-ring (bicyclic) bond motifs is 6. The van der Waals surface area contributed by atoms with Crippen LogP contribution in [0.3, 0.4) is 0 Å². The summed E-state index contributed by atoms with van der Waals surface area (Å²) in [6.07, 6.45) is 1.93. The van der Waals surface area contributed by atoms with Crippen molar-refractivity contribution < 1.29 is 0 Å². The predicted octanol–water partition coefficient (Wildman–Crippen LogP) is 7.42. The van der Waals surface area contributed by atoms with Crippen molar-refractivity contribution in [2.45, 2.75) is 0 Å². The molecule has 2 heteroatoms. The Bertz CT molecular complexity index is 1480. The molecule has 2 aromatic heterocycles. The van der Waals surface area contributed by atoms with Gasteiger partial charge >= 0.3 is 0 Å². The Morgan fingerprint density at radius 2 is 1.37 bits per heavy atom. The number of thiophene rings is 1. The second kappa shape index (κ2) is 5.63. The zero-order valence-electron chi connectivity index (χ0n) is 14.5. The van der Waals surface area contributed by atoms with Crippen LogP contribution in [-0.2, 0) is 0 Å². The molecule has 0 aliphatic carbocycles. The Balaban J connectivity index is 1.67. The van der Waals surface area contributed by atoms with Gasteiger partial charge in [0, 0.05) is 37.3 Å². The molecule has 6 rings (SSSR count). The zero-order valence-corrected chi connectivity index (χ0v) is 15.3. The molecule has 6 aromatic rings. The standard InChI is InChI=1S/C25H15NS/c1-2-6-18-16(5-1)9-11-21-19(18)13-14-26-25(21)17-10-12-24-22(15-17)20-7-3-4-8-23(20)27-24/h1-15H. The van der Waals surface area contributed by atoms with Gasteiger partial charge in [-0.3, -0.25) is 4.98 Å². The second-order valence-electron chi connectivity index (χ2n) is 6.85. The third-order valence-electron chi connectivity index (χ3n) is 5.32. The van der Waals surface area contributed by atoms with Gasteiger partial charge in [-0.25, -0.2) is 0 Å². The van der Waals surface area contributed by atoms with E-state index >= 15 is 0 Å². The lowest BCUT2D eigenvalue weighted by atomic mass is 9.98. The summed E-state index contributed by atoms with van der Waals surface area (Å²) in [5.41, 5.74) is 2.22. The van der Waals surface area contributed by atoms with Gasteiger partial charge in [0.1, 0.15) is 0 Å². The van der Waals surface area contributed by atoms with Gasteiger partial charge in [0.25, 0.3) is 0 Å². The van der Waals surface area contributed by atoms with E-state index in [0.29, 0.717) is 0 Å². The summed E-state index contributed by atoms with van der Waals surface area (Å²) in [5.74, 6) is 0. The van der Waals surface area contributed by atoms with Crippen molar-refractivity contribution in [3.8, 4) is 11.3 Å². The van der Waals surface area contributed by atoms with Crippen molar-refractivity contribution in [2.24, 2.45) is 0 Å². The molecule has 0 aliphatic heterocycles. The third-order valence-corrected chi connectivity index (χ3v) is 6.47. The highest BCUT2D eigenvalue weighted by molar-refractivity contribution is 7.25. The molecule has 0 radical (unpaired) electrons. The van der Waals surface area contributed by atoms with Gasteiger partial charge in [-0.2, -0.15) is 0 Å². The summed E-state index contributed by atoms with van der Waals surface area (Å²) in [6, 6.07) is 30.4. The summed E-state index contributed by atoms with van der Waals surface area (Å²) >= 11 is 1.85. The van der Waals surface area contributed by atoms with Crippen molar-refractivity contribution in [1.82, 2.24) is 4.98 Å². The van der Waals surface area contributed by atoms with Gasteiger partial charge in [-0.15, -0.1) is 11.3 Å². The SMILES string of the molecule is c1ccc2c(c1)ccc1c(-c3ccc4sc5ccccc5c4c3)nccc12. The highest BCUT2D eigenvalue weighted by Gasteiger charge is 2.11. The lowest BCUT2D eigenvalue weighted by Gasteiger charge is -2.09. The molecule has 2 heterocycles. The van der Waals surface area contributed by atoms with Crippen LogP contribution < -0.4 is 0 Å². The first-order valence-corrected chi connectivity index (χ1v) is 9.88. The van der Waals surface area contributed by atoms with Crippen molar-refractivity contribution in [3.63, 3.8) is 0 Å². The molecule has 0 saturated carbocycles. The van der Waals surface area contributed by atoms with Crippen LogP contribution in [0, 0.1) is 0 Å². The van der Waals surface area contributed by atoms with E-state index < -0.39 is 0 Å². The number of hydrogen-bond donors (Lipinski definition) is 0. The number of nitrogens with zero attached hydrogens (tertiary/aromatic N) is 1. The van der Waals surface area contributed by atoms with Crippen LogP contribution in [0.4, 0.5) is 0 Å². The molecule has 4 aromatic carbocycles. The van der Waals surface area contributed by atoms with Crippen LogP contribution in [0.15, 0.2) is 91.1 Å². The molecule has 0 unspecified atom stereocenters. The molecular formula is C25H15NS. The summed E-state index contributed by atoms with van der Waals surface area (Å²) in [7, 11) is 0. The van der Waals surface area contributed by atoms with E-state index in [1.807, 2.05) is 17.5 Å². The average molecular weight is 361 g/mol. The number of hydrogen-bond acceptors (Lipinski definition) is 2. The topological polar surface area (TPSA) is 12.9 Å². The fourth-order valence-corrected chi connectivity index (χ4v) is 5.13. The highest BCUT2D eigenvalue weighted by atomic mass is 32.1. The Morgan fingerprint density at radius 3 is 2.33 bits per heavy atom. The zero-order chi connectivity index (χ0) is 17.8. The first kappa shape index (κ1) is 14.9. The van der Waals surface area contributed by atoms with Gasteiger partial charge in [-0.05, 0) is 40.4 Å². The summed E-state index contributed by atoms with van der Waals surface area (Å²) in [6.45, 7) is 0. The van der Waals surface area contributed by atoms with E-state index in [4.69, 9.17) is 4.98 Å². The third kappa shape index (κ3) is 2.20. The summed E-state index contributed by atoms with van der Waals surface area (Å²) in [4.78, 5) is 4.76. The van der Waals surface area contributed by atoms with Gasteiger partial charge in [-0.1, -0.05) is 60.7 Å². The van der Waals surface area contributed by atoms with E-state index in [0.717, 1.165) is 5.69 Å². The first-order valence-electron chi connectivity index (χ1n) is 9.07. The maximum Gasteiger partial charge on any atom is 0.0780 e. The largest absolute Gasteiger partial charge is 0.256 e. The molecule has 0 saturated heterocycles. The second-order valence-corrected chi connectivity index (χ2v) is 7.93. The van der Waals surface area contributed by atoms with Gasteiger partial charge in [0.2, 0.25) is 0 Å². The molecule has 0 spiro atoms. The molecule has 0 aliphatic rings. The number of benzene rings is 4. The molecule has 27 heavy (non-hydrogen) atoms. The Morgan fingerprint density at radius 1 is 0.556 bits per heavy atom. The van der Waals surface area contributed by atoms with Crippen molar-refractivity contribution in [2.75, 3.05) is 0 Å². The molecule has 0 fully saturated rings. The van der Waals surface area contributed by atoms with Crippen LogP contribution >= 0.6 is 11.3 Å². The normalized spacial score (nSPS) is 11.7. The van der Waals surface area contributed by atoms with Crippen LogP contribution in [0.25, 0.3) is 53.0 Å². The monoisotopic (exact) mass is 361 g/mol. The quantitative estimate of drug-likeness (QED) is 0.278. The fraction of sp³-hybridized carbons (Fsp3) is 0. The molecule has 126 valence electrons. The van der Waals surface area contributed by atoms with E-state index in [9.17, 15) is 0 Å². The van der Waals surface area contributed by atoms with Crippen LogP contribution in [-0.4, -0.2) is 4.98 Å². The molecular weight excluding hydrogens is 346 g/mol. The highest BCUT2D eigenvalue weighted by Crippen LogP contribution is 2.38. The van der Waals surface area contributed by atoms with Crippen LogP contribution in [0.5, 0.6) is 0 Å². The van der Waals surface area contributed by atoms with Gasteiger partial charge < -0.3 is 0 Å². The first-order chi connectivity index (χ1) is 13.4. The fourth-order valence-electron chi connectivity index (χ4n) is 4.04. The number of aromatic nitrogens is 1. The Kier molecular flexibility index (Phi) is 3.11. The van der Waals surface area contributed by atoms with Crippen molar-refractivity contribution in [1.29, 1.82) is 0 Å². The molecule has 0 atom stereocenters. The lowest BCUT2D eigenvalue weighted by Crippen LogP contribution is -1.87. The van der Waals surface area contributed by atoms with E-state index in [-0.39, 0.29) is 0 Å².